The maximum Gasteiger partial charge on any atom is 0.336 e. The SMILES string of the molecule is Cc1sc2c(c1C)C(c1ccc(Cl)cc1)=N[C@@H](CC(=O)N1CCC(N(C)C(=O)c3ccc(C(=O)O)c(Br)c3)CC1)c1nnc(C)n1-2. The number of carbonyl (C=O) groups is 3. The van der Waals surface area contributed by atoms with Crippen LogP contribution in [0.3, 0.4) is 0 Å². The van der Waals surface area contributed by atoms with Gasteiger partial charge in [-0.2, -0.15) is 0 Å². The summed E-state index contributed by atoms with van der Waals surface area (Å²) in [5.74, 6) is 0.0785. The van der Waals surface area contributed by atoms with Gasteiger partial charge in [-0.25, -0.2) is 4.79 Å². The fourth-order valence-corrected chi connectivity index (χ4v) is 8.01. The van der Waals surface area contributed by atoms with Gasteiger partial charge in [-0.05, 0) is 85.4 Å². The van der Waals surface area contributed by atoms with Crippen molar-refractivity contribution >= 4 is 62.4 Å². The van der Waals surface area contributed by atoms with Crippen molar-refractivity contribution in [1.82, 2.24) is 24.6 Å². The molecule has 2 aromatic heterocycles. The van der Waals surface area contributed by atoms with E-state index in [1.54, 1.807) is 23.3 Å². The molecule has 238 valence electrons. The number of likely N-dealkylation sites (tertiary alicyclic amines) is 1. The lowest BCUT2D eigenvalue weighted by Gasteiger charge is -2.37. The highest BCUT2D eigenvalue weighted by molar-refractivity contribution is 9.10. The molecule has 0 saturated carbocycles. The van der Waals surface area contributed by atoms with Crippen molar-refractivity contribution in [3.8, 4) is 5.00 Å². The molecule has 2 amide bonds. The Morgan fingerprint density at radius 3 is 2.41 bits per heavy atom. The van der Waals surface area contributed by atoms with Gasteiger partial charge in [0.15, 0.2) is 5.82 Å². The number of aliphatic imine (C=N–C) groups is 1. The van der Waals surface area contributed by atoms with E-state index in [4.69, 9.17) is 16.6 Å². The molecule has 10 nitrogen and oxygen atoms in total. The molecule has 0 unspecified atom stereocenters. The van der Waals surface area contributed by atoms with E-state index >= 15 is 0 Å². The van der Waals surface area contributed by atoms with Crippen LogP contribution in [0.4, 0.5) is 0 Å². The largest absolute Gasteiger partial charge is 0.478 e. The van der Waals surface area contributed by atoms with Crippen LogP contribution in [0.1, 0.15) is 79.2 Å². The maximum atomic E-state index is 13.8. The summed E-state index contributed by atoms with van der Waals surface area (Å²) in [5, 5.41) is 19.8. The van der Waals surface area contributed by atoms with Gasteiger partial charge in [0, 0.05) is 57.2 Å². The van der Waals surface area contributed by atoms with Crippen molar-refractivity contribution in [2.45, 2.75) is 52.1 Å². The third-order valence-corrected chi connectivity index (χ3v) is 11.0. The van der Waals surface area contributed by atoms with Gasteiger partial charge in [0.1, 0.15) is 16.9 Å². The summed E-state index contributed by atoms with van der Waals surface area (Å²) in [6, 6.07) is 11.5. The first-order valence-electron chi connectivity index (χ1n) is 14.9. The van der Waals surface area contributed by atoms with Gasteiger partial charge in [-0.1, -0.05) is 23.7 Å². The Morgan fingerprint density at radius 1 is 1.07 bits per heavy atom. The molecule has 0 radical (unpaired) electrons. The fourth-order valence-electron chi connectivity index (χ4n) is 6.12. The summed E-state index contributed by atoms with van der Waals surface area (Å²) >= 11 is 11.1. The van der Waals surface area contributed by atoms with Crippen LogP contribution in [0.25, 0.3) is 5.00 Å². The van der Waals surface area contributed by atoms with E-state index in [2.05, 4.69) is 40.0 Å². The molecule has 13 heteroatoms. The molecule has 2 aliphatic rings. The molecule has 4 heterocycles. The van der Waals surface area contributed by atoms with Crippen molar-refractivity contribution in [3.63, 3.8) is 0 Å². The van der Waals surface area contributed by atoms with Crippen molar-refractivity contribution < 1.29 is 19.5 Å². The molecule has 1 fully saturated rings. The summed E-state index contributed by atoms with van der Waals surface area (Å²) in [6.07, 6.45) is 1.38. The second-order valence-corrected chi connectivity index (χ2v) is 14.1. The lowest BCUT2D eigenvalue weighted by molar-refractivity contribution is -0.133. The van der Waals surface area contributed by atoms with Crippen LogP contribution in [-0.4, -0.2) is 79.3 Å². The molecule has 1 atom stereocenters. The van der Waals surface area contributed by atoms with E-state index in [0.29, 0.717) is 46.8 Å². The second kappa shape index (κ2) is 12.7. The summed E-state index contributed by atoms with van der Waals surface area (Å²) < 4.78 is 2.39. The molecule has 1 N–H and O–H groups in total. The van der Waals surface area contributed by atoms with Gasteiger partial charge < -0.3 is 14.9 Å². The van der Waals surface area contributed by atoms with Gasteiger partial charge in [0.25, 0.3) is 5.91 Å². The third-order valence-electron chi connectivity index (χ3n) is 8.86. The number of carboxylic acids is 1. The molecule has 0 aliphatic carbocycles. The van der Waals surface area contributed by atoms with Crippen LogP contribution < -0.4 is 0 Å². The number of carbonyl (C=O) groups excluding carboxylic acids is 2. The zero-order valence-corrected chi connectivity index (χ0v) is 28.9. The predicted octanol–water partition coefficient (Wildman–Crippen LogP) is 6.41. The number of carboxylic acid groups (broad SMARTS) is 1. The Hall–Kier alpha value is -3.87. The molecule has 2 aromatic carbocycles. The van der Waals surface area contributed by atoms with Crippen molar-refractivity contribution in [2.75, 3.05) is 20.1 Å². The van der Waals surface area contributed by atoms with Crippen molar-refractivity contribution in [2.24, 2.45) is 4.99 Å². The number of hydrogen-bond donors (Lipinski definition) is 1. The number of halogens is 2. The lowest BCUT2D eigenvalue weighted by atomic mass is 9.99. The Morgan fingerprint density at radius 2 is 1.76 bits per heavy atom. The van der Waals surface area contributed by atoms with Crippen LogP contribution in [0.2, 0.25) is 5.02 Å². The summed E-state index contributed by atoms with van der Waals surface area (Å²) in [4.78, 5) is 48.3. The Balaban J connectivity index is 1.21. The number of benzene rings is 2. The van der Waals surface area contributed by atoms with Crippen LogP contribution in [-0.2, 0) is 4.79 Å². The van der Waals surface area contributed by atoms with Crippen LogP contribution in [0.5, 0.6) is 0 Å². The maximum absolute atomic E-state index is 13.8. The molecule has 46 heavy (non-hydrogen) atoms. The molecule has 2 aliphatic heterocycles. The molecule has 6 rings (SSSR count). The lowest BCUT2D eigenvalue weighted by Crippen LogP contribution is -2.47. The molecule has 4 aromatic rings. The van der Waals surface area contributed by atoms with Gasteiger partial charge in [-0.15, -0.1) is 21.5 Å². The first kappa shape index (κ1) is 32.1. The number of aryl methyl sites for hydroxylation is 2. The van der Waals surface area contributed by atoms with Gasteiger partial charge in [0.2, 0.25) is 5.91 Å². The van der Waals surface area contributed by atoms with Crippen LogP contribution in [0, 0.1) is 20.8 Å². The van der Waals surface area contributed by atoms with Gasteiger partial charge >= 0.3 is 5.97 Å². The minimum atomic E-state index is -1.07. The zero-order valence-electron chi connectivity index (χ0n) is 25.8. The van der Waals surface area contributed by atoms with E-state index in [9.17, 15) is 19.5 Å². The Bertz CT molecular complexity index is 1890. The van der Waals surface area contributed by atoms with E-state index in [0.717, 1.165) is 33.2 Å². The first-order chi connectivity index (χ1) is 21.9. The number of hydrogen-bond acceptors (Lipinski definition) is 7. The third kappa shape index (κ3) is 5.89. The average molecular weight is 724 g/mol. The van der Waals surface area contributed by atoms with E-state index < -0.39 is 12.0 Å². The number of nitrogens with zero attached hydrogens (tertiary/aromatic N) is 6. The molecule has 1 saturated heterocycles. The van der Waals surface area contributed by atoms with Crippen molar-refractivity contribution in [3.05, 3.63) is 96.3 Å². The normalized spacial score (nSPS) is 16.3. The van der Waals surface area contributed by atoms with Gasteiger partial charge in [-0.3, -0.25) is 19.1 Å². The van der Waals surface area contributed by atoms with E-state index in [1.165, 1.54) is 23.1 Å². The number of aromatic carboxylic acids is 1. The highest BCUT2D eigenvalue weighted by Gasteiger charge is 2.35. The minimum absolute atomic E-state index is 0.0322. The summed E-state index contributed by atoms with van der Waals surface area (Å²) in [5.41, 5.74) is 4.36. The smallest absolute Gasteiger partial charge is 0.336 e. The summed E-state index contributed by atoms with van der Waals surface area (Å²) in [7, 11) is 1.75. The van der Waals surface area contributed by atoms with E-state index in [1.807, 2.05) is 40.7 Å². The first-order valence-corrected chi connectivity index (χ1v) is 16.9. The second-order valence-electron chi connectivity index (χ2n) is 11.6. The number of rotatable bonds is 6. The number of fused-ring (bicyclic) bond motifs is 3. The van der Waals surface area contributed by atoms with Crippen LogP contribution in [0.15, 0.2) is 51.9 Å². The summed E-state index contributed by atoms with van der Waals surface area (Å²) in [6.45, 7) is 7.10. The number of amides is 2. The highest BCUT2D eigenvalue weighted by atomic mass is 79.9. The number of piperidine rings is 1. The van der Waals surface area contributed by atoms with E-state index in [-0.39, 0.29) is 29.8 Å². The average Bonchev–Trinajstić information content (AvgIpc) is 3.52. The van der Waals surface area contributed by atoms with Gasteiger partial charge in [0.05, 0.1) is 17.7 Å². The zero-order chi connectivity index (χ0) is 32.9. The monoisotopic (exact) mass is 722 g/mol. The quantitative estimate of drug-likeness (QED) is 0.246. The molecule has 0 spiro atoms. The number of thiophene rings is 1. The molecule has 0 bridgehead atoms. The predicted molar refractivity (Wildman–Crippen MR) is 181 cm³/mol. The van der Waals surface area contributed by atoms with Crippen LogP contribution >= 0.6 is 38.9 Å². The standard InChI is InChI=1S/C33H32BrClN6O4S/c1-17-18(2)46-32-28(17)29(20-5-8-22(35)9-6-20)36-26(30-38-37-19(3)41(30)32)16-27(42)40-13-11-23(12-14-40)39(4)31(43)21-7-10-24(33(44)45)25(34)15-21/h5-10,15,23,26H,11-14,16H2,1-4H3,(H,44,45)/t26-/m0/s1. The topological polar surface area (TPSA) is 121 Å². The molecular weight excluding hydrogens is 692 g/mol. The number of aromatic nitrogens is 3. The fraction of sp³-hybridized carbons (Fsp3) is 0.333. The highest BCUT2D eigenvalue weighted by Crippen LogP contribution is 2.40. The Kier molecular flexibility index (Phi) is 8.88. The Labute approximate surface area is 283 Å². The minimum Gasteiger partial charge on any atom is -0.478 e. The molecular formula is C33H32BrClN6O4S. The van der Waals surface area contributed by atoms with Crippen molar-refractivity contribution in [1.29, 1.82) is 0 Å².